The van der Waals surface area contributed by atoms with E-state index in [0.29, 0.717) is 22.6 Å². The van der Waals surface area contributed by atoms with E-state index < -0.39 is 0 Å². The predicted molar refractivity (Wildman–Crippen MR) is 78.5 cm³/mol. The molecular weight excluding hydrogens is 266 g/mol. The summed E-state index contributed by atoms with van der Waals surface area (Å²) in [5.41, 5.74) is 1.43. The van der Waals surface area contributed by atoms with Gasteiger partial charge in [0.25, 0.3) is 0 Å². The minimum absolute atomic E-state index is 0.372. The molecule has 0 saturated carbocycles. The van der Waals surface area contributed by atoms with Gasteiger partial charge in [0.15, 0.2) is 0 Å². The first-order chi connectivity index (χ1) is 10.2. The Labute approximate surface area is 120 Å². The molecule has 0 N–H and O–H groups in total. The first kappa shape index (κ1) is 12.9. The Morgan fingerprint density at radius 1 is 1.14 bits per heavy atom. The standard InChI is InChI=1S/C17H11NO3/c1-11-8-17(19)21-16-7-6-13(9-14(11)16)20-15-5-3-2-4-12(15)10-18/h2-9H,1H3. The first-order valence-corrected chi connectivity index (χ1v) is 6.39. The van der Waals surface area contributed by atoms with Gasteiger partial charge >= 0.3 is 5.63 Å². The van der Waals surface area contributed by atoms with Crippen LogP contribution in [0.2, 0.25) is 0 Å². The van der Waals surface area contributed by atoms with Crippen LogP contribution in [0.25, 0.3) is 11.0 Å². The second kappa shape index (κ2) is 5.14. The van der Waals surface area contributed by atoms with Crippen LogP contribution in [0.5, 0.6) is 11.5 Å². The average molecular weight is 277 g/mol. The highest BCUT2D eigenvalue weighted by Gasteiger charge is 2.07. The normalized spacial score (nSPS) is 10.3. The topological polar surface area (TPSA) is 63.2 Å². The lowest BCUT2D eigenvalue weighted by atomic mass is 10.1. The quantitative estimate of drug-likeness (QED) is 0.669. The lowest BCUT2D eigenvalue weighted by molar-refractivity contribution is 0.481. The van der Waals surface area contributed by atoms with E-state index in [2.05, 4.69) is 6.07 Å². The minimum Gasteiger partial charge on any atom is -0.456 e. The molecule has 3 rings (SSSR count). The molecule has 4 nitrogen and oxygen atoms in total. The van der Waals surface area contributed by atoms with Gasteiger partial charge < -0.3 is 9.15 Å². The number of nitriles is 1. The van der Waals surface area contributed by atoms with Crippen LogP contribution < -0.4 is 10.4 Å². The Hall–Kier alpha value is -3.06. The number of hydrogen-bond donors (Lipinski definition) is 0. The van der Waals surface area contributed by atoms with Crippen molar-refractivity contribution >= 4 is 11.0 Å². The maximum atomic E-state index is 11.3. The van der Waals surface area contributed by atoms with Crippen molar-refractivity contribution in [1.29, 1.82) is 5.26 Å². The van der Waals surface area contributed by atoms with Crippen molar-refractivity contribution < 1.29 is 9.15 Å². The zero-order chi connectivity index (χ0) is 14.8. The number of ether oxygens (including phenoxy) is 1. The summed E-state index contributed by atoms with van der Waals surface area (Å²) < 4.78 is 10.9. The Kier molecular flexibility index (Phi) is 3.17. The molecule has 0 saturated heterocycles. The summed E-state index contributed by atoms with van der Waals surface area (Å²) in [7, 11) is 0. The summed E-state index contributed by atoms with van der Waals surface area (Å²) in [6, 6.07) is 15.7. The van der Waals surface area contributed by atoms with Gasteiger partial charge in [-0.1, -0.05) is 12.1 Å². The smallest absolute Gasteiger partial charge is 0.336 e. The molecule has 3 aromatic rings. The van der Waals surface area contributed by atoms with Crippen LogP contribution >= 0.6 is 0 Å². The van der Waals surface area contributed by atoms with E-state index in [-0.39, 0.29) is 5.63 Å². The van der Waals surface area contributed by atoms with E-state index in [4.69, 9.17) is 14.4 Å². The van der Waals surface area contributed by atoms with Gasteiger partial charge in [-0.25, -0.2) is 4.79 Å². The molecule has 0 unspecified atom stereocenters. The number of fused-ring (bicyclic) bond motifs is 1. The maximum absolute atomic E-state index is 11.3. The van der Waals surface area contributed by atoms with E-state index >= 15 is 0 Å². The average Bonchev–Trinajstić information content (AvgIpc) is 2.48. The third-order valence-corrected chi connectivity index (χ3v) is 3.16. The molecule has 21 heavy (non-hydrogen) atoms. The summed E-state index contributed by atoms with van der Waals surface area (Å²) in [5, 5.41) is 9.87. The molecule has 0 aliphatic rings. The third-order valence-electron chi connectivity index (χ3n) is 3.16. The van der Waals surface area contributed by atoms with E-state index in [0.717, 1.165) is 10.9 Å². The first-order valence-electron chi connectivity index (χ1n) is 6.39. The second-order valence-corrected chi connectivity index (χ2v) is 4.62. The van der Waals surface area contributed by atoms with Gasteiger partial charge in [-0.05, 0) is 42.8 Å². The van der Waals surface area contributed by atoms with Gasteiger partial charge in [-0.3, -0.25) is 0 Å². The second-order valence-electron chi connectivity index (χ2n) is 4.62. The molecule has 2 aromatic carbocycles. The van der Waals surface area contributed by atoms with Crippen LogP contribution in [-0.2, 0) is 0 Å². The molecule has 0 aliphatic heterocycles. The summed E-state index contributed by atoms with van der Waals surface area (Å²) in [6.45, 7) is 1.84. The number of nitrogens with zero attached hydrogens (tertiary/aromatic N) is 1. The van der Waals surface area contributed by atoms with E-state index in [1.165, 1.54) is 6.07 Å². The van der Waals surface area contributed by atoms with Gasteiger partial charge in [0, 0.05) is 11.5 Å². The van der Waals surface area contributed by atoms with Crippen LogP contribution in [0.1, 0.15) is 11.1 Å². The van der Waals surface area contributed by atoms with Crippen molar-refractivity contribution in [2.45, 2.75) is 6.92 Å². The van der Waals surface area contributed by atoms with Crippen molar-refractivity contribution in [3.8, 4) is 17.6 Å². The fourth-order valence-corrected chi connectivity index (χ4v) is 2.14. The van der Waals surface area contributed by atoms with E-state index in [1.54, 1.807) is 36.4 Å². The van der Waals surface area contributed by atoms with Crippen LogP contribution in [0.4, 0.5) is 0 Å². The molecule has 0 aliphatic carbocycles. The van der Waals surface area contributed by atoms with Crippen molar-refractivity contribution in [2.75, 3.05) is 0 Å². The zero-order valence-corrected chi connectivity index (χ0v) is 11.3. The number of benzene rings is 2. The highest BCUT2D eigenvalue weighted by atomic mass is 16.5. The molecule has 0 radical (unpaired) electrons. The van der Waals surface area contributed by atoms with Gasteiger partial charge in [0.05, 0.1) is 5.56 Å². The summed E-state index contributed by atoms with van der Waals surface area (Å²) in [6.07, 6.45) is 0. The molecule has 0 atom stereocenters. The molecule has 0 amide bonds. The fraction of sp³-hybridized carbons (Fsp3) is 0.0588. The molecule has 1 heterocycles. The van der Waals surface area contributed by atoms with Crippen molar-refractivity contribution in [1.82, 2.24) is 0 Å². The van der Waals surface area contributed by atoms with Crippen molar-refractivity contribution in [3.05, 3.63) is 70.1 Å². The molecule has 1 aromatic heterocycles. The molecule has 0 fully saturated rings. The van der Waals surface area contributed by atoms with Crippen LogP contribution in [0.3, 0.4) is 0 Å². The lowest BCUT2D eigenvalue weighted by Gasteiger charge is -2.08. The van der Waals surface area contributed by atoms with Crippen molar-refractivity contribution in [3.63, 3.8) is 0 Å². The molecule has 0 spiro atoms. The largest absolute Gasteiger partial charge is 0.456 e. The maximum Gasteiger partial charge on any atom is 0.336 e. The monoisotopic (exact) mass is 277 g/mol. The Morgan fingerprint density at radius 3 is 2.76 bits per heavy atom. The summed E-state index contributed by atoms with van der Waals surface area (Å²) in [5.74, 6) is 1.08. The van der Waals surface area contributed by atoms with E-state index in [1.807, 2.05) is 13.0 Å². The van der Waals surface area contributed by atoms with Gasteiger partial charge in [0.1, 0.15) is 23.2 Å². The zero-order valence-electron chi connectivity index (χ0n) is 11.3. The lowest BCUT2D eigenvalue weighted by Crippen LogP contribution is -1.98. The number of aryl methyl sites for hydroxylation is 1. The van der Waals surface area contributed by atoms with Gasteiger partial charge in [-0.2, -0.15) is 5.26 Å². The molecule has 4 heteroatoms. The fourth-order valence-electron chi connectivity index (χ4n) is 2.14. The summed E-state index contributed by atoms with van der Waals surface area (Å²) >= 11 is 0. The Bertz CT molecular complexity index is 919. The van der Waals surface area contributed by atoms with Gasteiger partial charge in [-0.15, -0.1) is 0 Å². The Balaban J connectivity index is 2.06. The van der Waals surface area contributed by atoms with Gasteiger partial charge in [0.2, 0.25) is 0 Å². The number of para-hydroxylation sites is 1. The van der Waals surface area contributed by atoms with Crippen LogP contribution in [0.15, 0.2) is 57.7 Å². The SMILES string of the molecule is Cc1cc(=O)oc2ccc(Oc3ccccc3C#N)cc12. The molecular formula is C17H11NO3. The minimum atomic E-state index is -0.372. The Morgan fingerprint density at radius 2 is 1.95 bits per heavy atom. The highest BCUT2D eigenvalue weighted by Crippen LogP contribution is 2.28. The summed E-state index contributed by atoms with van der Waals surface area (Å²) in [4.78, 5) is 11.3. The number of rotatable bonds is 2. The van der Waals surface area contributed by atoms with E-state index in [9.17, 15) is 4.79 Å². The van der Waals surface area contributed by atoms with Crippen LogP contribution in [0, 0.1) is 18.3 Å². The molecule has 0 bridgehead atoms. The highest BCUT2D eigenvalue weighted by molar-refractivity contribution is 5.81. The molecule has 102 valence electrons. The van der Waals surface area contributed by atoms with Crippen LogP contribution in [-0.4, -0.2) is 0 Å². The third kappa shape index (κ3) is 2.49. The number of hydrogen-bond acceptors (Lipinski definition) is 4. The van der Waals surface area contributed by atoms with Crippen molar-refractivity contribution in [2.24, 2.45) is 0 Å². The predicted octanol–water partition coefficient (Wildman–Crippen LogP) is 3.77.